The van der Waals surface area contributed by atoms with Gasteiger partial charge in [0.2, 0.25) is 5.91 Å². The van der Waals surface area contributed by atoms with Gasteiger partial charge >= 0.3 is 0 Å². The van der Waals surface area contributed by atoms with Crippen molar-refractivity contribution in [1.82, 2.24) is 9.80 Å². The van der Waals surface area contributed by atoms with E-state index in [1.807, 2.05) is 18.9 Å². The van der Waals surface area contributed by atoms with E-state index in [-0.39, 0.29) is 11.9 Å². The molecule has 1 saturated heterocycles. The van der Waals surface area contributed by atoms with Crippen molar-refractivity contribution < 1.29 is 4.79 Å². The van der Waals surface area contributed by atoms with Crippen molar-refractivity contribution in [2.75, 3.05) is 33.2 Å². The van der Waals surface area contributed by atoms with Crippen LogP contribution in [0.2, 0.25) is 0 Å². The first-order valence-corrected chi connectivity index (χ1v) is 5.33. The van der Waals surface area contributed by atoms with Gasteiger partial charge < -0.3 is 10.6 Å². The summed E-state index contributed by atoms with van der Waals surface area (Å²) in [5.41, 5.74) is 5.23. The minimum absolute atomic E-state index is 0.155. The van der Waals surface area contributed by atoms with Gasteiger partial charge in [-0.15, -0.1) is 0 Å². The van der Waals surface area contributed by atoms with Crippen LogP contribution < -0.4 is 5.73 Å². The number of hydrogen-bond acceptors (Lipinski definition) is 3. The maximum absolute atomic E-state index is 10.9. The van der Waals surface area contributed by atoms with E-state index in [1.165, 1.54) is 25.9 Å². The second kappa shape index (κ2) is 5.32. The number of hydrogen-bond donors (Lipinski definition) is 1. The first-order valence-electron chi connectivity index (χ1n) is 5.33. The summed E-state index contributed by atoms with van der Waals surface area (Å²) in [6.07, 6.45) is 2.63. The maximum Gasteiger partial charge on any atom is 0.234 e. The average Bonchev–Trinajstić information content (AvgIpc) is 2.65. The molecule has 0 spiro atoms. The monoisotopic (exact) mass is 199 g/mol. The molecule has 1 fully saturated rings. The van der Waals surface area contributed by atoms with Crippen LogP contribution in [0.3, 0.4) is 0 Å². The topological polar surface area (TPSA) is 49.6 Å². The highest BCUT2D eigenvalue weighted by Crippen LogP contribution is 2.06. The number of carbonyl (C=O) groups excluding carboxylic acids is 1. The van der Waals surface area contributed by atoms with Crippen LogP contribution in [0.25, 0.3) is 0 Å². The number of carbonyl (C=O) groups is 1. The summed E-state index contributed by atoms with van der Waals surface area (Å²) in [7, 11) is 1.95. The predicted octanol–water partition coefficient (Wildman–Crippen LogP) is -0.112. The number of likely N-dealkylation sites (tertiary alicyclic amines) is 1. The van der Waals surface area contributed by atoms with Crippen molar-refractivity contribution in [2.24, 2.45) is 5.73 Å². The van der Waals surface area contributed by atoms with Crippen molar-refractivity contribution >= 4 is 5.91 Å². The van der Waals surface area contributed by atoms with Crippen LogP contribution in [-0.2, 0) is 4.79 Å². The highest BCUT2D eigenvalue weighted by atomic mass is 16.1. The lowest BCUT2D eigenvalue weighted by atomic mass is 10.3. The SMILES string of the molecule is CC(C(N)=O)N(C)CCN1CCCC1. The average molecular weight is 199 g/mol. The Balaban J connectivity index is 2.19. The molecule has 1 amide bonds. The van der Waals surface area contributed by atoms with E-state index in [1.54, 1.807) is 0 Å². The minimum Gasteiger partial charge on any atom is -0.368 e. The fraction of sp³-hybridized carbons (Fsp3) is 0.900. The second-order valence-electron chi connectivity index (χ2n) is 4.11. The molecule has 0 saturated carbocycles. The molecule has 0 bridgehead atoms. The summed E-state index contributed by atoms with van der Waals surface area (Å²) in [5, 5.41) is 0. The number of nitrogens with zero attached hydrogens (tertiary/aromatic N) is 2. The molecule has 0 aromatic heterocycles. The highest BCUT2D eigenvalue weighted by molar-refractivity contribution is 5.79. The molecule has 4 heteroatoms. The predicted molar refractivity (Wildman–Crippen MR) is 57.0 cm³/mol. The third-order valence-corrected chi connectivity index (χ3v) is 3.04. The number of primary amides is 1. The zero-order valence-corrected chi connectivity index (χ0v) is 9.20. The third kappa shape index (κ3) is 3.27. The van der Waals surface area contributed by atoms with Crippen LogP contribution in [0.15, 0.2) is 0 Å². The van der Waals surface area contributed by atoms with Crippen molar-refractivity contribution in [3.05, 3.63) is 0 Å². The molecular weight excluding hydrogens is 178 g/mol. The van der Waals surface area contributed by atoms with Crippen molar-refractivity contribution in [2.45, 2.75) is 25.8 Å². The Labute approximate surface area is 86.0 Å². The zero-order valence-electron chi connectivity index (χ0n) is 9.20. The van der Waals surface area contributed by atoms with Crippen LogP contribution in [0.5, 0.6) is 0 Å². The Hall–Kier alpha value is -0.610. The van der Waals surface area contributed by atoms with E-state index in [2.05, 4.69) is 4.90 Å². The molecular formula is C10H21N3O. The molecule has 0 radical (unpaired) electrons. The van der Waals surface area contributed by atoms with Gasteiger partial charge in [-0.2, -0.15) is 0 Å². The van der Waals surface area contributed by atoms with E-state index in [9.17, 15) is 4.79 Å². The first-order chi connectivity index (χ1) is 6.61. The summed E-state index contributed by atoms with van der Waals surface area (Å²) in [5.74, 6) is -0.242. The van der Waals surface area contributed by atoms with Crippen molar-refractivity contribution in [3.63, 3.8) is 0 Å². The quantitative estimate of drug-likeness (QED) is 0.672. The number of rotatable bonds is 5. The molecule has 4 nitrogen and oxygen atoms in total. The molecule has 14 heavy (non-hydrogen) atoms. The summed E-state index contributed by atoms with van der Waals surface area (Å²) in [4.78, 5) is 15.4. The van der Waals surface area contributed by atoms with Gasteiger partial charge in [-0.1, -0.05) is 0 Å². The molecule has 1 aliphatic rings. The van der Waals surface area contributed by atoms with E-state index >= 15 is 0 Å². The molecule has 2 N–H and O–H groups in total. The molecule has 82 valence electrons. The Kier molecular flexibility index (Phi) is 4.35. The van der Waals surface area contributed by atoms with Gasteiger partial charge in [-0.25, -0.2) is 0 Å². The zero-order chi connectivity index (χ0) is 10.6. The molecule has 1 atom stereocenters. The van der Waals surface area contributed by atoms with E-state index in [0.29, 0.717) is 0 Å². The van der Waals surface area contributed by atoms with Gasteiger partial charge in [0.05, 0.1) is 6.04 Å². The van der Waals surface area contributed by atoms with Gasteiger partial charge in [0.1, 0.15) is 0 Å². The Morgan fingerprint density at radius 2 is 2.07 bits per heavy atom. The highest BCUT2D eigenvalue weighted by Gasteiger charge is 2.16. The minimum atomic E-state index is -0.242. The summed E-state index contributed by atoms with van der Waals surface area (Å²) < 4.78 is 0. The van der Waals surface area contributed by atoms with Gasteiger partial charge in [-0.3, -0.25) is 9.69 Å². The molecule has 0 aromatic rings. The van der Waals surface area contributed by atoms with E-state index < -0.39 is 0 Å². The standard InChI is InChI=1S/C10H21N3O/c1-9(10(11)14)12(2)7-8-13-5-3-4-6-13/h9H,3-8H2,1-2H3,(H2,11,14). The van der Waals surface area contributed by atoms with Crippen LogP contribution in [0.1, 0.15) is 19.8 Å². The third-order valence-electron chi connectivity index (χ3n) is 3.04. The van der Waals surface area contributed by atoms with Gasteiger partial charge in [0, 0.05) is 13.1 Å². The van der Waals surface area contributed by atoms with E-state index in [4.69, 9.17) is 5.73 Å². The van der Waals surface area contributed by atoms with Gasteiger partial charge in [0.15, 0.2) is 0 Å². The number of amides is 1. The lowest BCUT2D eigenvalue weighted by Gasteiger charge is -2.24. The fourth-order valence-electron chi connectivity index (χ4n) is 1.72. The van der Waals surface area contributed by atoms with Crippen LogP contribution in [0.4, 0.5) is 0 Å². The summed E-state index contributed by atoms with van der Waals surface area (Å²) in [6.45, 7) is 6.24. The Bertz CT molecular complexity index is 190. The fourth-order valence-corrected chi connectivity index (χ4v) is 1.72. The second-order valence-corrected chi connectivity index (χ2v) is 4.11. The Morgan fingerprint density at radius 3 is 2.57 bits per heavy atom. The normalized spacial score (nSPS) is 20.2. The summed E-state index contributed by atoms with van der Waals surface area (Å²) >= 11 is 0. The Morgan fingerprint density at radius 1 is 1.50 bits per heavy atom. The first kappa shape index (κ1) is 11.5. The number of likely N-dealkylation sites (N-methyl/N-ethyl adjacent to an activating group) is 1. The molecule has 0 aliphatic carbocycles. The lowest BCUT2D eigenvalue weighted by molar-refractivity contribution is -0.122. The van der Waals surface area contributed by atoms with Crippen LogP contribution in [-0.4, -0.2) is 55.0 Å². The van der Waals surface area contributed by atoms with Crippen molar-refractivity contribution in [3.8, 4) is 0 Å². The molecule has 1 heterocycles. The smallest absolute Gasteiger partial charge is 0.234 e. The van der Waals surface area contributed by atoms with Gasteiger partial charge in [-0.05, 0) is 39.9 Å². The lowest BCUT2D eigenvalue weighted by Crippen LogP contribution is -2.43. The molecule has 1 rings (SSSR count). The molecule has 0 aromatic carbocycles. The largest absolute Gasteiger partial charge is 0.368 e. The van der Waals surface area contributed by atoms with Gasteiger partial charge in [0.25, 0.3) is 0 Å². The van der Waals surface area contributed by atoms with Crippen LogP contribution >= 0.6 is 0 Å². The molecule has 1 unspecified atom stereocenters. The number of nitrogens with two attached hydrogens (primary N) is 1. The maximum atomic E-state index is 10.9. The van der Waals surface area contributed by atoms with Crippen molar-refractivity contribution in [1.29, 1.82) is 0 Å². The van der Waals surface area contributed by atoms with E-state index in [0.717, 1.165) is 13.1 Å². The molecule has 1 aliphatic heterocycles. The van der Waals surface area contributed by atoms with Crippen LogP contribution in [0, 0.1) is 0 Å². The summed E-state index contributed by atoms with van der Waals surface area (Å²) in [6, 6.07) is -0.155.